The molecule has 3 nitrogen and oxygen atoms in total. The quantitative estimate of drug-likeness (QED) is 0.834. The maximum Gasteiger partial charge on any atom is 0.417 e. The molecule has 0 aliphatic carbocycles. The zero-order valence-electron chi connectivity index (χ0n) is 8.72. The van der Waals surface area contributed by atoms with Gasteiger partial charge in [0.25, 0.3) is 0 Å². The first-order valence-electron chi connectivity index (χ1n) is 4.52. The Hall–Kier alpha value is -2.18. The number of halogens is 4. The zero-order chi connectivity index (χ0) is 13.8. The topological polar surface area (TPSA) is 59.6 Å². The third-order valence-electron chi connectivity index (χ3n) is 1.90. The molecule has 0 spiro atoms. The van der Waals surface area contributed by atoms with E-state index in [4.69, 9.17) is 22.1 Å². The van der Waals surface area contributed by atoms with Gasteiger partial charge in [0.15, 0.2) is 0 Å². The molecule has 0 saturated carbocycles. The third kappa shape index (κ3) is 3.41. The number of nitrogens with one attached hydrogen (secondary N) is 1. The molecule has 0 amide bonds. The van der Waals surface area contributed by atoms with Gasteiger partial charge in [-0.2, -0.15) is 23.7 Å². The average Bonchev–Trinajstić information content (AvgIpc) is 2.31. The van der Waals surface area contributed by atoms with Gasteiger partial charge in [-0.1, -0.05) is 11.6 Å². The summed E-state index contributed by atoms with van der Waals surface area (Å²) in [6, 6.07) is 6.32. The molecular formula is C11H5ClF3N3. The van der Waals surface area contributed by atoms with Gasteiger partial charge in [0.2, 0.25) is 0 Å². The first-order chi connectivity index (χ1) is 8.38. The van der Waals surface area contributed by atoms with Crippen LogP contribution < -0.4 is 5.32 Å². The third-order valence-corrected chi connectivity index (χ3v) is 2.23. The van der Waals surface area contributed by atoms with Crippen molar-refractivity contribution < 1.29 is 13.2 Å². The number of hydrogen-bond acceptors (Lipinski definition) is 3. The first kappa shape index (κ1) is 13.9. The molecule has 7 heteroatoms. The second-order valence-electron chi connectivity index (χ2n) is 3.12. The van der Waals surface area contributed by atoms with Gasteiger partial charge in [-0.3, -0.25) is 0 Å². The molecule has 18 heavy (non-hydrogen) atoms. The summed E-state index contributed by atoms with van der Waals surface area (Å²) in [6.07, 6.45) is -3.55. The predicted molar refractivity (Wildman–Crippen MR) is 59.4 cm³/mol. The van der Waals surface area contributed by atoms with Gasteiger partial charge in [0.1, 0.15) is 17.7 Å². The van der Waals surface area contributed by atoms with Crippen LogP contribution in [0.2, 0.25) is 5.02 Å². The van der Waals surface area contributed by atoms with Crippen LogP contribution in [-0.4, -0.2) is 0 Å². The highest BCUT2D eigenvalue weighted by molar-refractivity contribution is 6.31. The molecular weight excluding hydrogens is 267 g/mol. The molecule has 0 bridgehead atoms. The summed E-state index contributed by atoms with van der Waals surface area (Å²) >= 11 is 5.43. The summed E-state index contributed by atoms with van der Waals surface area (Å²) in [5.74, 6) is 0. The summed E-state index contributed by atoms with van der Waals surface area (Å²) in [7, 11) is 0. The van der Waals surface area contributed by atoms with Crippen molar-refractivity contribution in [2.24, 2.45) is 0 Å². The van der Waals surface area contributed by atoms with Crippen LogP contribution in [-0.2, 0) is 6.18 Å². The van der Waals surface area contributed by atoms with Gasteiger partial charge in [-0.25, -0.2) is 0 Å². The van der Waals surface area contributed by atoms with Gasteiger partial charge < -0.3 is 5.32 Å². The van der Waals surface area contributed by atoms with Crippen LogP contribution in [0.4, 0.5) is 18.9 Å². The minimum absolute atomic E-state index is 0.0784. The molecule has 0 aliphatic rings. The van der Waals surface area contributed by atoms with E-state index >= 15 is 0 Å². The van der Waals surface area contributed by atoms with E-state index in [1.54, 1.807) is 12.1 Å². The molecule has 0 heterocycles. The molecule has 0 saturated heterocycles. The number of nitriles is 2. The molecule has 0 aliphatic heterocycles. The van der Waals surface area contributed by atoms with Gasteiger partial charge in [0.05, 0.1) is 10.6 Å². The Labute approximate surface area is 106 Å². The van der Waals surface area contributed by atoms with Gasteiger partial charge in [-0.05, 0) is 18.2 Å². The van der Waals surface area contributed by atoms with Crippen LogP contribution in [0.5, 0.6) is 0 Å². The second-order valence-corrected chi connectivity index (χ2v) is 3.53. The van der Waals surface area contributed by atoms with Crippen molar-refractivity contribution >= 4 is 17.3 Å². The van der Waals surface area contributed by atoms with Gasteiger partial charge in [-0.15, -0.1) is 0 Å². The van der Waals surface area contributed by atoms with E-state index in [-0.39, 0.29) is 11.3 Å². The summed E-state index contributed by atoms with van der Waals surface area (Å²) in [4.78, 5) is 0. The summed E-state index contributed by atoms with van der Waals surface area (Å²) in [5.41, 5.74) is -1.16. The monoisotopic (exact) mass is 271 g/mol. The van der Waals surface area contributed by atoms with Crippen LogP contribution >= 0.6 is 11.6 Å². The smallest absolute Gasteiger partial charge is 0.360 e. The predicted octanol–water partition coefficient (Wildman–Crippen LogP) is 3.70. The number of nitrogens with zero attached hydrogens (tertiary/aromatic N) is 2. The SMILES string of the molecule is N#CC(C#N)=CNc1ccc(Cl)c(C(F)(F)F)c1. The molecule has 1 aromatic rings. The van der Waals surface area contributed by atoms with Crippen molar-refractivity contribution in [1.29, 1.82) is 10.5 Å². The lowest BCUT2D eigenvalue weighted by Gasteiger charge is -2.10. The fourth-order valence-electron chi connectivity index (χ4n) is 1.08. The minimum atomic E-state index is -4.56. The standard InChI is InChI=1S/C11H5ClF3N3/c12-10-2-1-8(3-9(10)11(13,14)15)18-6-7(4-16)5-17/h1-3,6,18H. The van der Waals surface area contributed by atoms with E-state index in [9.17, 15) is 13.2 Å². The van der Waals surface area contributed by atoms with E-state index < -0.39 is 16.8 Å². The van der Waals surface area contributed by atoms with Crippen LogP contribution in [0.15, 0.2) is 30.0 Å². The highest BCUT2D eigenvalue weighted by atomic mass is 35.5. The molecule has 1 rings (SSSR count). The Morgan fingerprint density at radius 3 is 2.39 bits per heavy atom. The van der Waals surface area contributed by atoms with Crippen LogP contribution in [0.3, 0.4) is 0 Å². The zero-order valence-corrected chi connectivity index (χ0v) is 9.47. The van der Waals surface area contributed by atoms with Crippen LogP contribution in [0.1, 0.15) is 5.56 Å². The molecule has 0 fully saturated rings. The Morgan fingerprint density at radius 1 is 1.28 bits per heavy atom. The Kier molecular flexibility index (Phi) is 4.19. The lowest BCUT2D eigenvalue weighted by atomic mass is 10.2. The summed E-state index contributed by atoms with van der Waals surface area (Å²) in [5, 5.41) is 18.9. The van der Waals surface area contributed by atoms with E-state index in [1.165, 1.54) is 6.07 Å². The maximum absolute atomic E-state index is 12.5. The van der Waals surface area contributed by atoms with Crippen LogP contribution in [0.25, 0.3) is 0 Å². The lowest BCUT2D eigenvalue weighted by molar-refractivity contribution is -0.137. The van der Waals surface area contributed by atoms with Crippen molar-refractivity contribution in [3.63, 3.8) is 0 Å². The molecule has 0 radical (unpaired) electrons. The average molecular weight is 272 g/mol. The molecule has 0 atom stereocenters. The maximum atomic E-state index is 12.5. The Bertz CT molecular complexity index is 548. The molecule has 1 N–H and O–H groups in total. The van der Waals surface area contributed by atoms with Crippen LogP contribution in [0, 0.1) is 22.7 Å². The normalized spacial score (nSPS) is 10.1. The Morgan fingerprint density at radius 2 is 1.89 bits per heavy atom. The van der Waals surface area contributed by atoms with E-state index in [1.807, 2.05) is 0 Å². The lowest BCUT2D eigenvalue weighted by Crippen LogP contribution is -2.06. The van der Waals surface area contributed by atoms with Gasteiger partial charge >= 0.3 is 6.18 Å². The molecule has 92 valence electrons. The number of anilines is 1. The van der Waals surface area contributed by atoms with Crippen molar-refractivity contribution in [2.75, 3.05) is 5.32 Å². The van der Waals surface area contributed by atoms with Crippen molar-refractivity contribution in [2.45, 2.75) is 6.18 Å². The largest absolute Gasteiger partial charge is 0.417 e. The highest BCUT2D eigenvalue weighted by Gasteiger charge is 2.33. The number of hydrogen-bond donors (Lipinski definition) is 1. The Balaban J connectivity index is 3.05. The number of rotatable bonds is 2. The second kappa shape index (κ2) is 5.44. The fourth-order valence-corrected chi connectivity index (χ4v) is 1.30. The van der Waals surface area contributed by atoms with Crippen molar-refractivity contribution in [1.82, 2.24) is 0 Å². The number of benzene rings is 1. The van der Waals surface area contributed by atoms with Crippen molar-refractivity contribution in [3.8, 4) is 12.1 Å². The first-order valence-corrected chi connectivity index (χ1v) is 4.90. The van der Waals surface area contributed by atoms with Crippen molar-refractivity contribution in [3.05, 3.63) is 40.6 Å². The summed E-state index contributed by atoms with van der Waals surface area (Å²) in [6.45, 7) is 0. The van der Waals surface area contributed by atoms with E-state index in [0.29, 0.717) is 0 Å². The van der Waals surface area contributed by atoms with E-state index in [0.717, 1.165) is 18.3 Å². The van der Waals surface area contributed by atoms with E-state index in [2.05, 4.69) is 5.32 Å². The summed E-state index contributed by atoms with van der Waals surface area (Å²) < 4.78 is 37.6. The van der Waals surface area contributed by atoms with Gasteiger partial charge in [0, 0.05) is 11.9 Å². The number of alkyl halides is 3. The fraction of sp³-hybridized carbons (Fsp3) is 0.0909. The highest BCUT2D eigenvalue weighted by Crippen LogP contribution is 2.36. The molecule has 0 unspecified atom stereocenters. The number of allylic oxidation sites excluding steroid dienone is 1. The molecule has 0 aromatic heterocycles. The molecule has 1 aromatic carbocycles. The minimum Gasteiger partial charge on any atom is -0.360 e.